The van der Waals surface area contributed by atoms with Gasteiger partial charge in [-0.15, -0.1) is 11.3 Å². The molecule has 1 amide bonds. The Morgan fingerprint density at radius 1 is 1.05 bits per heavy atom. The third-order valence-electron chi connectivity index (χ3n) is 5.94. The predicted octanol–water partition coefficient (Wildman–Crippen LogP) is 5.24. The Bertz CT molecular complexity index is 1820. The first-order chi connectivity index (χ1) is 18.0. The summed E-state index contributed by atoms with van der Waals surface area (Å²) in [6.45, 7) is 3.35. The average molecular weight is 509 g/mol. The van der Waals surface area contributed by atoms with Gasteiger partial charge in [0.1, 0.15) is 11.2 Å². The van der Waals surface area contributed by atoms with Crippen molar-refractivity contribution in [3.8, 4) is 33.2 Å². The lowest BCUT2D eigenvalue weighted by Gasteiger charge is -2.06. The Kier molecular flexibility index (Phi) is 5.53. The quantitative estimate of drug-likeness (QED) is 0.261. The molecule has 0 bridgehead atoms. The van der Waals surface area contributed by atoms with Gasteiger partial charge in [-0.25, -0.2) is 4.98 Å². The van der Waals surface area contributed by atoms with Gasteiger partial charge in [0.15, 0.2) is 11.6 Å². The van der Waals surface area contributed by atoms with Crippen molar-refractivity contribution in [1.82, 2.24) is 35.1 Å². The van der Waals surface area contributed by atoms with E-state index in [1.165, 1.54) is 11.3 Å². The van der Waals surface area contributed by atoms with Gasteiger partial charge in [-0.1, -0.05) is 6.92 Å². The van der Waals surface area contributed by atoms with Crippen LogP contribution in [-0.2, 0) is 4.79 Å². The van der Waals surface area contributed by atoms with Crippen LogP contribution in [0.15, 0.2) is 55.2 Å². The number of nitrogens with zero attached hydrogens (tertiary/aromatic N) is 5. The van der Waals surface area contributed by atoms with E-state index in [-0.39, 0.29) is 11.7 Å². The summed E-state index contributed by atoms with van der Waals surface area (Å²) in [7, 11) is 0. The van der Waals surface area contributed by atoms with Crippen LogP contribution in [0.2, 0.25) is 0 Å². The Morgan fingerprint density at radius 2 is 1.92 bits per heavy atom. The summed E-state index contributed by atoms with van der Waals surface area (Å²) in [5.41, 5.74) is 5.71. The SMILES string of the molecule is CCC(=O)Nc1cncc(-c2nccc3c(-c4nc5c(-c6ccc(C(C)=O)s6)cncc5[nH]4)n[nH]c23)c1. The highest BCUT2D eigenvalue weighted by Crippen LogP contribution is 2.35. The third-order valence-corrected chi connectivity index (χ3v) is 7.16. The molecule has 0 unspecified atom stereocenters. The molecule has 6 heterocycles. The molecule has 11 heteroatoms. The molecule has 37 heavy (non-hydrogen) atoms. The number of anilines is 1. The Balaban J connectivity index is 1.43. The number of ketones is 1. The summed E-state index contributed by atoms with van der Waals surface area (Å²) in [5.74, 6) is 0.519. The van der Waals surface area contributed by atoms with E-state index in [9.17, 15) is 9.59 Å². The van der Waals surface area contributed by atoms with Gasteiger partial charge in [0.05, 0.1) is 39.7 Å². The number of nitrogens with one attached hydrogen (secondary N) is 3. The summed E-state index contributed by atoms with van der Waals surface area (Å²) < 4.78 is 0. The molecule has 0 saturated carbocycles. The lowest BCUT2D eigenvalue weighted by atomic mass is 10.1. The standard InChI is InChI=1S/C26H20N8O2S/c1-3-21(36)30-15-8-14(9-27-10-15)22-24-16(6-7-29-22)25(34-33-24)26-31-18-12-28-11-17(23(18)32-26)20-5-4-19(37-20)13(2)35/h4-12H,3H2,1-2H3,(H,30,36)(H,31,32)(H,33,34). The molecule has 0 aliphatic heterocycles. The molecule has 3 N–H and O–H groups in total. The maximum absolute atomic E-state index is 11.8. The third kappa shape index (κ3) is 4.04. The maximum atomic E-state index is 11.8. The number of pyridine rings is 3. The summed E-state index contributed by atoms with van der Waals surface area (Å²) in [5, 5.41) is 11.3. The Labute approximate surface area is 214 Å². The van der Waals surface area contributed by atoms with Crippen molar-refractivity contribution < 1.29 is 9.59 Å². The molecular weight excluding hydrogens is 488 g/mol. The van der Waals surface area contributed by atoms with Gasteiger partial charge in [-0.05, 0) is 31.2 Å². The van der Waals surface area contributed by atoms with Crippen molar-refractivity contribution in [3.05, 3.63) is 60.1 Å². The molecule has 6 aromatic heterocycles. The minimum Gasteiger partial charge on any atom is -0.335 e. The maximum Gasteiger partial charge on any atom is 0.224 e. The van der Waals surface area contributed by atoms with Crippen molar-refractivity contribution in [3.63, 3.8) is 0 Å². The fourth-order valence-electron chi connectivity index (χ4n) is 4.13. The molecule has 10 nitrogen and oxygen atoms in total. The van der Waals surface area contributed by atoms with Gasteiger partial charge in [-0.2, -0.15) is 5.10 Å². The number of Topliss-reactive ketones (excluding diaryl/α,β-unsaturated/α-hetero) is 1. The summed E-state index contributed by atoms with van der Waals surface area (Å²) in [6, 6.07) is 7.44. The van der Waals surface area contributed by atoms with Crippen molar-refractivity contribution in [1.29, 1.82) is 0 Å². The molecule has 0 atom stereocenters. The largest absolute Gasteiger partial charge is 0.335 e. The fourth-order valence-corrected chi connectivity index (χ4v) is 5.04. The lowest BCUT2D eigenvalue weighted by molar-refractivity contribution is -0.115. The van der Waals surface area contributed by atoms with Crippen LogP contribution >= 0.6 is 11.3 Å². The first-order valence-electron chi connectivity index (χ1n) is 11.6. The number of hydrogen-bond acceptors (Lipinski definition) is 8. The van der Waals surface area contributed by atoms with E-state index < -0.39 is 0 Å². The molecule has 0 aliphatic carbocycles. The van der Waals surface area contributed by atoms with Gasteiger partial charge < -0.3 is 10.3 Å². The minimum atomic E-state index is -0.0900. The smallest absolute Gasteiger partial charge is 0.224 e. The van der Waals surface area contributed by atoms with E-state index in [1.54, 1.807) is 44.8 Å². The van der Waals surface area contributed by atoms with Crippen molar-refractivity contribution >= 4 is 50.7 Å². The van der Waals surface area contributed by atoms with Crippen LogP contribution in [0.5, 0.6) is 0 Å². The highest BCUT2D eigenvalue weighted by atomic mass is 32.1. The number of aromatic nitrogens is 7. The second-order valence-electron chi connectivity index (χ2n) is 8.41. The number of carbonyl (C=O) groups excluding carboxylic acids is 2. The van der Waals surface area contributed by atoms with Crippen molar-refractivity contribution in [2.24, 2.45) is 0 Å². The molecule has 0 spiro atoms. The number of carbonyl (C=O) groups is 2. The summed E-state index contributed by atoms with van der Waals surface area (Å²) >= 11 is 1.42. The fraction of sp³-hybridized carbons (Fsp3) is 0.115. The van der Waals surface area contributed by atoms with Crippen molar-refractivity contribution in [2.45, 2.75) is 20.3 Å². The number of H-pyrrole nitrogens is 2. The van der Waals surface area contributed by atoms with Crippen LogP contribution in [0.4, 0.5) is 5.69 Å². The molecule has 0 fully saturated rings. The van der Waals surface area contributed by atoms with Gasteiger partial charge in [0, 0.05) is 46.4 Å². The Morgan fingerprint density at radius 3 is 2.73 bits per heavy atom. The molecule has 0 radical (unpaired) electrons. The van der Waals surface area contributed by atoms with E-state index >= 15 is 0 Å². The Hall–Kier alpha value is -4.77. The van der Waals surface area contributed by atoms with E-state index in [2.05, 4.69) is 35.5 Å². The number of rotatable bonds is 6. The van der Waals surface area contributed by atoms with Crippen molar-refractivity contribution in [2.75, 3.05) is 5.32 Å². The summed E-state index contributed by atoms with van der Waals surface area (Å²) in [6.07, 6.45) is 8.85. The lowest BCUT2D eigenvalue weighted by Crippen LogP contribution is -2.09. The van der Waals surface area contributed by atoms with E-state index in [1.807, 2.05) is 24.3 Å². The first-order valence-corrected chi connectivity index (χ1v) is 12.4. The van der Waals surface area contributed by atoms with E-state index in [0.29, 0.717) is 34.2 Å². The number of hydrogen-bond donors (Lipinski definition) is 3. The van der Waals surface area contributed by atoms with Crippen LogP contribution in [0.1, 0.15) is 29.9 Å². The topological polar surface area (TPSA) is 142 Å². The molecule has 0 aliphatic rings. The minimum absolute atomic E-state index is 0.0278. The molecule has 6 rings (SSSR count). The normalized spacial score (nSPS) is 11.3. The molecule has 0 aromatic carbocycles. The number of imidazole rings is 1. The molecule has 0 saturated heterocycles. The highest BCUT2D eigenvalue weighted by Gasteiger charge is 2.19. The van der Waals surface area contributed by atoms with Gasteiger partial charge >= 0.3 is 0 Å². The van der Waals surface area contributed by atoms with Gasteiger partial charge in [0.25, 0.3) is 0 Å². The van der Waals surface area contributed by atoms with Crippen LogP contribution < -0.4 is 5.32 Å². The van der Waals surface area contributed by atoms with Gasteiger partial charge in [-0.3, -0.25) is 29.6 Å². The molecule has 182 valence electrons. The average Bonchev–Trinajstić information content (AvgIpc) is 3.66. The van der Waals surface area contributed by atoms with Crippen LogP contribution in [0.25, 0.3) is 55.2 Å². The number of thiophene rings is 1. The van der Waals surface area contributed by atoms with E-state index in [4.69, 9.17) is 4.98 Å². The predicted molar refractivity (Wildman–Crippen MR) is 142 cm³/mol. The highest BCUT2D eigenvalue weighted by molar-refractivity contribution is 7.17. The van der Waals surface area contributed by atoms with Crippen LogP contribution in [-0.4, -0.2) is 46.8 Å². The zero-order valence-corrected chi connectivity index (χ0v) is 20.7. The summed E-state index contributed by atoms with van der Waals surface area (Å²) in [4.78, 5) is 46.6. The molecular formula is C26H20N8O2S. The second kappa shape index (κ2) is 9.03. The number of amides is 1. The zero-order valence-electron chi connectivity index (χ0n) is 19.9. The zero-order chi connectivity index (χ0) is 25.5. The first kappa shape index (κ1) is 22.7. The molecule has 6 aromatic rings. The van der Waals surface area contributed by atoms with Crippen LogP contribution in [0.3, 0.4) is 0 Å². The van der Waals surface area contributed by atoms with Gasteiger partial charge in [0.2, 0.25) is 5.91 Å². The number of fused-ring (bicyclic) bond motifs is 2. The monoisotopic (exact) mass is 508 g/mol. The second-order valence-corrected chi connectivity index (χ2v) is 9.49. The number of aromatic amines is 2. The van der Waals surface area contributed by atoms with Crippen LogP contribution in [0, 0.1) is 0 Å². The van der Waals surface area contributed by atoms with E-state index in [0.717, 1.165) is 37.9 Å².